The summed E-state index contributed by atoms with van der Waals surface area (Å²) in [6, 6.07) is 0. The van der Waals surface area contributed by atoms with E-state index in [1.54, 1.807) is 0 Å². The van der Waals surface area contributed by atoms with Gasteiger partial charge in [-0.15, -0.1) is 0 Å². The second kappa shape index (κ2) is 4.07. The molecule has 0 radical (unpaired) electrons. The zero-order chi connectivity index (χ0) is 9.90. The van der Waals surface area contributed by atoms with Crippen molar-refractivity contribution in [3.8, 4) is 0 Å². The second-order valence-electron chi connectivity index (χ2n) is 3.54. The number of hydrogen-bond donors (Lipinski definition) is 1. The minimum absolute atomic E-state index is 0.360. The van der Waals surface area contributed by atoms with Crippen LogP contribution in [0, 0.1) is 5.41 Å². The Hall–Kier alpha value is -0.610. The molecule has 0 unspecified atom stereocenters. The van der Waals surface area contributed by atoms with Crippen molar-refractivity contribution in [3.05, 3.63) is 0 Å². The van der Waals surface area contributed by atoms with Gasteiger partial charge in [0.2, 0.25) is 0 Å². The van der Waals surface area contributed by atoms with E-state index in [9.17, 15) is 4.79 Å². The van der Waals surface area contributed by atoms with Gasteiger partial charge in [0.05, 0.1) is 13.2 Å². The van der Waals surface area contributed by atoms with Crippen LogP contribution in [0.4, 0.5) is 0 Å². The molecule has 4 heteroatoms. The van der Waals surface area contributed by atoms with Gasteiger partial charge in [-0.25, -0.2) is 0 Å². The van der Waals surface area contributed by atoms with Crippen molar-refractivity contribution in [1.82, 2.24) is 4.90 Å². The van der Waals surface area contributed by atoms with E-state index >= 15 is 0 Å². The Morgan fingerprint density at radius 2 is 2.00 bits per heavy atom. The molecule has 0 aromatic carbocycles. The number of ether oxygens (including phenoxy) is 1. The van der Waals surface area contributed by atoms with E-state index in [2.05, 4.69) is 4.90 Å². The lowest BCUT2D eigenvalue weighted by Crippen LogP contribution is -2.55. The van der Waals surface area contributed by atoms with E-state index in [4.69, 9.17) is 9.84 Å². The van der Waals surface area contributed by atoms with Crippen molar-refractivity contribution in [3.63, 3.8) is 0 Å². The number of carboxylic acid groups (broad SMARTS) is 1. The lowest BCUT2D eigenvalue weighted by Gasteiger charge is -2.40. The van der Waals surface area contributed by atoms with Crippen molar-refractivity contribution in [2.24, 2.45) is 5.41 Å². The molecule has 1 saturated heterocycles. The fraction of sp³-hybridized carbons (Fsp3) is 0.889. The molecular formula is C9H17NO3. The number of hydrogen-bond acceptors (Lipinski definition) is 3. The Morgan fingerprint density at radius 1 is 1.46 bits per heavy atom. The minimum atomic E-state index is -0.731. The molecule has 0 amide bonds. The summed E-state index contributed by atoms with van der Waals surface area (Å²) in [5.74, 6) is -0.731. The molecule has 1 heterocycles. The first-order valence-electron chi connectivity index (χ1n) is 4.68. The average Bonchev–Trinajstić information content (AvgIpc) is 2.03. The lowest BCUT2D eigenvalue weighted by atomic mass is 9.85. The molecule has 0 saturated carbocycles. The number of nitrogens with zero attached hydrogens (tertiary/aromatic N) is 1. The van der Waals surface area contributed by atoms with Crippen LogP contribution < -0.4 is 0 Å². The smallest absolute Gasteiger partial charge is 0.315 e. The van der Waals surface area contributed by atoms with Gasteiger partial charge in [-0.05, 0) is 13.1 Å². The van der Waals surface area contributed by atoms with Crippen molar-refractivity contribution in [1.29, 1.82) is 0 Å². The third kappa shape index (κ3) is 2.00. The van der Waals surface area contributed by atoms with Gasteiger partial charge in [0, 0.05) is 6.54 Å². The summed E-state index contributed by atoms with van der Waals surface area (Å²) in [6.07, 6.45) is 0. The third-order valence-electron chi connectivity index (χ3n) is 2.63. The Morgan fingerprint density at radius 3 is 2.23 bits per heavy atom. The zero-order valence-electron chi connectivity index (χ0n) is 8.25. The molecule has 1 fully saturated rings. The molecule has 13 heavy (non-hydrogen) atoms. The summed E-state index contributed by atoms with van der Waals surface area (Å²) >= 11 is 0. The zero-order valence-corrected chi connectivity index (χ0v) is 8.25. The number of aliphatic carboxylic acids is 1. The Bertz CT molecular complexity index is 185. The van der Waals surface area contributed by atoms with E-state index in [0.29, 0.717) is 19.8 Å². The van der Waals surface area contributed by atoms with Crippen LogP contribution in [-0.4, -0.2) is 48.8 Å². The predicted molar refractivity (Wildman–Crippen MR) is 48.7 cm³/mol. The molecule has 1 N–H and O–H groups in total. The summed E-state index contributed by atoms with van der Waals surface area (Å²) in [7, 11) is 0. The van der Waals surface area contributed by atoms with Gasteiger partial charge in [0.25, 0.3) is 0 Å². The Labute approximate surface area is 78.5 Å². The monoisotopic (exact) mass is 187 g/mol. The Balaban J connectivity index is 2.52. The highest BCUT2D eigenvalue weighted by Crippen LogP contribution is 2.28. The van der Waals surface area contributed by atoms with E-state index in [1.165, 1.54) is 0 Å². The molecule has 1 aliphatic rings. The molecule has 0 bridgehead atoms. The van der Waals surface area contributed by atoms with Crippen molar-refractivity contribution in [2.75, 3.05) is 32.8 Å². The molecule has 0 atom stereocenters. The number of carboxylic acids is 1. The second-order valence-corrected chi connectivity index (χ2v) is 3.54. The number of carbonyl (C=O) groups is 1. The van der Waals surface area contributed by atoms with Gasteiger partial charge in [-0.2, -0.15) is 0 Å². The summed E-state index contributed by atoms with van der Waals surface area (Å²) in [6.45, 7) is 7.20. The highest BCUT2D eigenvalue weighted by atomic mass is 16.5. The van der Waals surface area contributed by atoms with Crippen LogP contribution in [0.15, 0.2) is 0 Å². The molecule has 1 aliphatic heterocycles. The lowest BCUT2D eigenvalue weighted by molar-refractivity contribution is -0.183. The fourth-order valence-electron chi connectivity index (χ4n) is 1.51. The van der Waals surface area contributed by atoms with E-state index in [-0.39, 0.29) is 0 Å². The predicted octanol–water partition coefficient (Wildman–Crippen LogP) is 0.429. The first-order valence-corrected chi connectivity index (χ1v) is 4.68. The normalized spacial score (nSPS) is 19.9. The molecule has 4 nitrogen and oxygen atoms in total. The van der Waals surface area contributed by atoms with Crippen molar-refractivity contribution in [2.45, 2.75) is 13.8 Å². The molecule has 76 valence electrons. The maximum Gasteiger partial charge on any atom is 0.315 e. The fourth-order valence-corrected chi connectivity index (χ4v) is 1.51. The standard InChI is InChI=1S/C9H17NO3/c1-3-10(4-2)5-9(8(11)12)6-13-7-9/h3-7H2,1-2H3,(H,11,12). The highest BCUT2D eigenvalue weighted by molar-refractivity contribution is 5.76. The van der Waals surface area contributed by atoms with Crippen LogP contribution >= 0.6 is 0 Å². The highest BCUT2D eigenvalue weighted by Gasteiger charge is 2.46. The van der Waals surface area contributed by atoms with E-state index in [0.717, 1.165) is 13.1 Å². The molecule has 0 aliphatic carbocycles. The quantitative estimate of drug-likeness (QED) is 0.678. The summed E-state index contributed by atoms with van der Waals surface area (Å²) in [5, 5.41) is 9.02. The van der Waals surface area contributed by atoms with E-state index < -0.39 is 11.4 Å². The van der Waals surface area contributed by atoms with Crippen LogP contribution in [0.3, 0.4) is 0 Å². The van der Waals surface area contributed by atoms with Crippen LogP contribution in [-0.2, 0) is 9.53 Å². The van der Waals surface area contributed by atoms with Gasteiger partial charge in [-0.1, -0.05) is 13.8 Å². The average molecular weight is 187 g/mol. The molecule has 0 aromatic heterocycles. The topological polar surface area (TPSA) is 49.8 Å². The molecular weight excluding hydrogens is 170 g/mol. The SMILES string of the molecule is CCN(CC)CC1(C(=O)O)COC1. The van der Waals surface area contributed by atoms with E-state index in [1.807, 2.05) is 13.8 Å². The van der Waals surface area contributed by atoms with Crippen LogP contribution in [0.2, 0.25) is 0 Å². The summed E-state index contributed by atoms with van der Waals surface area (Å²) in [4.78, 5) is 13.1. The van der Waals surface area contributed by atoms with Crippen molar-refractivity contribution < 1.29 is 14.6 Å². The summed E-state index contributed by atoms with van der Waals surface area (Å²) < 4.78 is 4.98. The van der Waals surface area contributed by atoms with Gasteiger partial charge in [0.15, 0.2) is 0 Å². The summed E-state index contributed by atoms with van der Waals surface area (Å²) in [5.41, 5.74) is -0.633. The van der Waals surface area contributed by atoms with Crippen LogP contribution in [0.5, 0.6) is 0 Å². The van der Waals surface area contributed by atoms with Gasteiger partial charge >= 0.3 is 5.97 Å². The molecule has 0 aromatic rings. The molecule has 0 spiro atoms. The maximum atomic E-state index is 11.0. The number of rotatable bonds is 5. The van der Waals surface area contributed by atoms with Crippen LogP contribution in [0.25, 0.3) is 0 Å². The van der Waals surface area contributed by atoms with Gasteiger partial charge < -0.3 is 14.7 Å². The first-order chi connectivity index (χ1) is 6.14. The maximum absolute atomic E-state index is 11.0. The first kappa shape index (κ1) is 10.5. The third-order valence-corrected chi connectivity index (χ3v) is 2.63. The van der Waals surface area contributed by atoms with Gasteiger partial charge in [-0.3, -0.25) is 4.79 Å². The van der Waals surface area contributed by atoms with Gasteiger partial charge in [0.1, 0.15) is 5.41 Å². The van der Waals surface area contributed by atoms with Crippen LogP contribution in [0.1, 0.15) is 13.8 Å². The largest absolute Gasteiger partial charge is 0.481 e. The Kier molecular flexibility index (Phi) is 3.27. The van der Waals surface area contributed by atoms with Crippen molar-refractivity contribution >= 4 is 5.97 Å². The minimum Gasteiger partial charge on any atom is -0.481 e. The molecule has 1 rings (SSSR count).